The average Bonchev–Trinajstić information content (AvgIpc) is 2.30. The van der Waals surface area contributed by atoms with Gasteiger partial charge in [-0.3, -0.25) is 0 Å². The Bertz CT molecular complexity index is 360. The van der Waals surface area contributed by atoms with Crippen molar-refractivity contribution in [3.63, 3.8) is 0 Å². The normalized spacial score (nSPS) is 46.3. The van der Waals surface area contributed by atoms with Crippen LogP contribution in [0.15, 0.2) is 0 Å². The first-order chi connectivity index (χ1) is 9.38. The van der Waals surface area contributed by atoms with Crippen molar-refractivity contribution < 1.29 is 0 Å². The van der Waals surface area contributed by atoms with Crippen LogP contribution in [0.5, 0.6) is 0 Å². The third-order valence-electron chi connectivity index (χ3n) is 5.90. The first kappa shape index (κ1) is 17.8. The van der Waals surface area contributed by atoms with Gasteiger partial charge in [-0.1, -0.05) is 27.7 Å². The molecule has 2 saturated carbocycles. The Morgan fingerprint density at radius 1 is 0.762 bits per heavy atom. The molecule has 2 aliphatic rings. The van der Waals surface area contributed by atoms with Crippen molar-refractivity contribution in [1.82, 2.24) is 0 Å². The Hall–Kier alpha value is 0.500. The zero-order chi connectivity index (χ0) is 16.1. The van der Waals surface area contributed by atoms with Crippen LogP contribution >= 0.6 is 23.2 Å². The van der Waals surface area contributed by atoms with E-state index in [1.807, 2.05) is 0 Å². The molecule has 0 spiro atoms. The van der Waals surface area contributed by atoms with Crippen LogP contribution in [0.3, 0.4) is 0 Å². The van der Waals surface area contributed by atoms with E-state index in [1.54, 1.807) is 0 Å². The van der Waals surface area contributed by atoms with Crippen LogP contribution in [-0.2, 0) is 0 Å². The van der Waals surface area contributed by atoms with E-state index in [-0.39, 0.29) is 22.9 Å². The summed E-state index contributed by atoms with van der Waals surface area (Å²) in [4.78, 5) is -0.785. The Balaban J connectivity index is 2.10. The number of hydrogen-bond acceptors (Lipinski definition) is 2. The first-order valence-electron chi connectivity index (χ1n) is 8.27. The van der Waals surface area contributed by atoms with Gasteiger partial charge in [-0.2, -0.15) is 0 Å². The SMILES string of the molecule is CC1(C)CCC(Cl)(CC2(Cl)CCC(C)(C)CC2N)C(N)C1. The van der Waals surface area contributed by atoms with Gasteiger partial charge in [-0.25, -0.2) is 0 Å². The quantitative estimate of drug-likeness (QED) is 0.735. The number of alkyl halides is 2. The van der Waals surface area contributed by atoms with Gasteiger partial charge in [0.1, 0.15) is 0 Å². The number of nitrogens with two attached hydrogens (primary N) is 2. The molecule has 2 rings (SSSR count). The van der Waals surface area contributed by atoms with Crippen LogP contribution in [0.2, 0.25) is 0 Å². The monoisotopic (exact) mass is 334 g/mol. The summed E-state index contributed by atoms with van der Waals surface area (Å²) in [6, 6.07) is 0.00126. The van der Waals surface area contributed by atoms with Crippen molar-refractivity contribution in [2.45, 2.75) is 94.5 Å². The lowest BCUT2D eigenvalue weighted by Gasteiger charge is -2.51. The number of rotatable bonds is 2. The van der Waals surface area contributed by atoms with E-state index in [0.29, 0.717) is 0 Å². The van der Waals surface area contributed by atoms with E-state index in [4.69, 9.17) is 34.7 Å². The molecule has 0 aromatic carbocycles. The third kappa shape index (κ3) is 3.88. The maximum Gasteiger partial charge on any atom is 0.0614 e. The molecule has 4 unspecified atom stereocenters. The van der Waals surface area contributed by atoms with E-state index >= 15 is 0 Å². The van der Waals surface area contributed by atoms with Crippen molar-refractivity contribution in [3.05, 3.63) is 0 Å². The second-order valence-electron chi connectivity index (χ2n) is 9.20. The predicted molar refractivity (Wildman–Crippen MR) is 93.0 cm³/mol. The Morgan fingerprint density at radius 2 is 1.10 bits per heavy atom. The smallest absolute Gasteiger partial charge is 0.0614 e. The van der Waals surface area contributed by atoms with Gasteiger partial charge in [-0.05, 0) is 55.8 Å². The van der Waals surface area contributed by atoms with Crippen molar-refractivity contribution in [1.29, 1.82) is 0 Å². The molecule has 2 nitrogen and oxygen atoms in total. The van der Waals surface area contributed by atoms with Crippen LogP contribution in [0.1, 0.15) is 72.6 Å². The highest BCUT2D eigenvalue weighted by atomic mass is 35.5. The highest BCUT2D eigenvalue weighted by molar-refractivity contribution is 6.28. The highest BCUT2D eigenvalue weighted by Crippen LogP contribution is 2.52. The molecule has 2 aliphatic carbocycles. The van der Waals surface area contributed by atoms with Crippen LogP contribution in [0.25, 0.3) is 0 Å². The standard InChI is InChI=1S/C17H32Cl2N2/c1-14(2)5-7-16(18,12(20)9-14)11-17(19)8-6-15(3,4)10-13(17)21/h12-13H,5-11,20-21H2,1-4H3. The van der Waals surface area contributed by atoms with Crippen molar-refractivity contribution in [2.24, 2.45) is 22.3 Å². The molecule has 2 fully saturated rings. The maximum absolute atomic E-state index is 6.95. The molecule has 0 saturated heterocycles. The number of halogens is 2. The van der Waals surface area contributed by atoms with Crippen LogP contribution in [-0.4, -0.2) is 21.8 Å². The van der Waals surface area contributed by atoms with Crippen molar-refractivity contribution in [3.8, 4) is 0 Å². The maximum atomic E-state index is 6.95. The highest BCUT2D eigenvalue weighted by Gasteiger charge is 2.51. The lowest BCUT2D eigenvalue weighted by atomic mass is 9.63. The van der Waals surface area contributed by atoms with Crippen molar-refractivity contribution >= 4 is 23.2 Å². The first-order valence-corrected chi connectivity index (χ1v) is 9.02. The predicted octanol–water partition coefficient (Wildman–Crippen LogP) is 4.41. The molecule has 0 aromatic heterocycles. The fraction of sp³-hybridized carbons (Fsp3) is 1.00. The van der Waals surface area contributed by atoms with E-state index in [1.165, 1.54) is 0 Å². The molecule has 0 bridgehead atoms. The average molecular weight is 335 g/mol. The molecular weight excluding hydrogens is 303 g/mol. The number of hydrogen-bond donors (Lipinski definition) is 2. The molecule has 0 aromatic rings. The van der Waals surface area contributed by atoms with Gasteiger partial charge in [0, 0.05) is 12.1 Å². The summed E-state index contributed by atoms with van der Waals surface area (Å²) in [6.07, 6.45) is 6.75. The molecule has 0 amide bonds. The summed E-state index contributed by atoms with van der Waals surface area (Å²) in [5, 5.41) is 0. The molecule has 0 aliphatic heterocycles. The largest absolute Gasteiger partial charge is 0.326 e. The zero-order valence-electron chi connectivity index (χ0n) is 14.0. The molecule has 0 radical (unpaired) electrons. The Kier molecular flexibility index (Phi) is 4.71. The van der Waals surface area contributed by atoms with E-state index in [0.717, 1.165) is 44.9 Å². The van der Waals surface area contributed by atoms with Crippen LogP contribution < -0.4 is 11.5 Å². The summed E-state index contributed by atoms with van der Waals surface area (Å²) >= 11 is 13.9. The molecule has 124 valence electrons. The van der Waals surface area contributed by atoms with Crippen molar-refractivity contribution in [2.75, 3.05) is 0 Å². The molecule has 4 heteroatoms. The van der Waals surface area contributed by atoms with Gasteiger partial charge in [0.15, 0.2) is 0 Å². The minimum atomic E-state index is -0.392. The minimum absolute atomic E-state index is 0.000628. The second kappa shape index (κ2) is 5.54. The fourth-order valence-corrected chi connectivity index (χ4v) is 5.04. The fourth-order valence-electron chi connectivity index (χ4n) is 4.15. The molecule has 4 N–H and O–H groups in total. The summed E-state index contributed by atoms with van der Waals surface area (Å²) in [6.45, 7) is 9.09. The van der Waals surface area contributed by atoms with E-state index in [9.17, 15) is 0 Å². The summed E-state index contributed by atoms with van der Waals surface area (Å²) in [5.41, 5.74) is 13.4. The molecular formula is C17H32Cl2N2. The minimum Gasteiger partial charge on any atom is -0.326 e. The topological polar surface area (TPSA) is 52.0 Å². The zero-order valence-corrected chi connectivity index (χ0v) is 15.5. The van der Waals surface area contributed by atoms with Gasteiger partial charge in [0.05, 0.1) is 9.75 Å². The lowest BCUT2D eigenvalue weighted by Crippen LogP contribution is -2.58. The third-order valence-corrected chi connectivity index (χ3v) is 7.10. The van der Waals surface area contributed by atoms with E-state index in [2.05, 4.69) is 27.7 Å². The molecule has 21 heavy (non-hydrogen) atoms. The molecule has 4 atom stereocenters. The summed E-state index contributed by atoms with van der Waals surface area (Å²) in [5.74, 6) is 0. The van der Waals surface area contributed by atoms with Gasteiger partial charge >= 0.3 is 0 Å². The second-order valence-corrected chi connectivity index (χ2v) is 10.7. The Morgan fingerprint density at radius 3 is 1.38 bits per heavy atom. The Labute approximate surface area is 140 Å². The van der Waals surface area contributed by atoms with Gasteiger partial charge in [0.25, 0.3) is 0 Å². The lowest BCUT2D eigenvalue weighted by molar-refractivity contribution is 0.128. The van der Waals surface area contributed by atoms with Gasteiger partial charge < -0.3 is 11.5 Å². The van der Waals surface area contributed by atoms with Crippen LogP contribution in [0, 0.1) is 10.8 Å². The van der Waals surface area contributed by atoms with Gasteiger partial charge in [-0.15, -0.1) is 23.2 Å². The van der Waals surface area contributed by atoms with E-state index < -0.39 is 9.75 Å². The van der Waals surface area contributed by atoms with Crippen LogP contribution in [0.4, 0.5) is 0 Å². The van der Waals surface area contributed by atoms with Gasteiger partial charge in [0.2, 0.25) is 0 Å². The summed E-state index contributed by atoms with van der Waals surface area (Å²) < 4.78 is 0. The molecule has 0 heterocycles. The summed E-state index contributed by atoms with van der Waals surface area (Å²) in [7, 11) is 0.